The van der Waals surface area contributed by atoms with E-state index in [1.807, 2.05) is 0 Å². The van der Waals surface area contributed by atoms with Crippen LogP contribution in [-0.2, 0) is 15.4 Å². The van der Waals surface area contributed by atoms with Gasteiger partial charge in [0.05, 0.1) is 21.4 Å². The highest BCUT2D eigenvalue weighted by Gasteiger charge is 2.28. The van der Waals surface area contributed by atoms with Gasteiger partial charge in [-0.15, -0.1) is 11.3 Å². The van der Waals surface area contributed by atoms with Gasteiger partial charge < -0.3 is 10.4 Å². The molecule has 0 aliphatic heterocycles. The van der Waals surface area contributed by atoms with Gasteiger partial charge in [0.1, 0.15) is 18.2 Å². The molecule has 1 aromatic carbocycles. The Morgan fingerprint density at radius 2 is 2.09 bits per heavy atom. The number of carbonyl (C=O) groups is 1. The molecule has 2 heterocycles. The summed E-state index contributed by atoms with van der Waals surface area (Å²) in [7, 11) is 0. The zero-order valence-corrected chi connectivity index (χ0v) is 22.0. The van der Waals surface area contributed by atoms with Crippen LogP contribution in [0.3, 0.4) is 0 Å². The van der Waals surface area contributed by atoms with Gasteiger partial charge in [-0.25, -0.2) is 19.3 Å². The van der Waals surface area contributed by atoms with Crippen LogP contribution in [0.25, 0.3) is 0 Å². The summed E-state index contributed by atoms with van der Waals surface area (Å²) >= 11 is 17.9. The van der Waals surface area contributed by atoms with E-state index in [1.165, 1.54) is 12.5 Å². The molecule has 4 rings (SSSR count). The minimum Gasteiger partial charge on any atom is -0.384 e. The minimum atomic E-state index is -1.79. The van der Waals surface area contributed by atoms with E-state index in [1.54, 1.807) is 24.3 Å². The van der Waals surface area contributed by atoms with Crippen molar-refractivity contribution in [3.8, 4) is 0 Å². The highest BCUT2D eigenvalue weighted by atomic mass is 35.5. The SMILES string of the molecule is NS(=O)OCC1CCC(Nc2ncncc2C(=O)c2cc(C(O)c3cc(Cl)ccc3Cl)c(Cl)s2)C1. The molecule has 4 unspecified atom stereocenters. The van der Waals surface area contributed by atoms with E-state index in [4.69, 9.17) is 44.1 Å². The van der Waals surface area contributed by atoms with Gasteiger partial charge in [0.2, 0.25) is 17.0 Å². The number of nitrogens with zero attached hydrogens (tertiary/aromatic N) is 2. The number of halogens is 3. The summed E-state index contributed by atoms with van der Waals surface area (Å²) in [5.74, 6) is 0.287. The van der Waals surface area contributed by atoms with Gasteiger partial charge in [-0.1, -0.05) is 34.8 Å². The molecule has 4 N–H and O–H groups in total. The van der Waals surface area contributed by atoms with Gasteiger partial charge in [-0.3, -0.25) is 8.98 Å². The predicted octanol–water partition coefficient (Wildman–Crippen LogP) is 4.95. The molecule has 0 spiro atoms. The molecule has 8 nitrogen and oxygen atoms in total. The third kappa shape index (κ3) is 6.39. The molecule has 0 saturated heterocycles. The molecule has 0 radical (unpaired) electrons. The number of aromatic nitrogens is 2. The Bertz CT molecular complexity index is 1260. The zero-order chi connectivity index (χ0) is 25.1. The second-order valence-electron chi connectivity index (χ2n) is 8.09. The summed E-state index contributed by atoms with van der Waals surface area (Å²) in [5.41, 5.74) is 1.03. The van der Waals surface area contributed by atoms with E-state index in [0.717, 1.165) is 30.6 Å². The Hall–Kier alpha value is -1.63. The molecule has 13 heteroatoms. The average molecular weight is 576 g/mol. The summed E-state index contributed by atoms with van der Waals surface area (Å²) < 4.78 is 16.2. The number of benzene rings is 1. The van der Waals surface area contributed by atoms with Gasteiger partial charge in [-0.2, -0.15) is 0 Å². The number of ketones is 1. The van der Waals surface area contributed by atoms with Crippen LogP contribution in [0.2, 0.25) is 14.4 Å². The molecule has 3 aromatic rings. The second kappa shape index (κ2) is 11.6. The number of nitrogens with one attached hydrogen (secondary N) is 1. The summed E-state index contributed by atoms with van der Waals surface area (Å²) in [4.78, 5) is 22.0. The van der Waals surface area contributed by atoms with Crippen LogP contribution in [0.5, 0.6) is 0 Å². The first-order valence-corrected chi connectivity index (χ1v) is 13.6. The van der Waals surface area contributed by atoms with E-state index in [9.17, 15) is 14.1 Å². The second-order valence-corrected chi connectivity index (χ2v) is 11.3. The van der Waals surface area contributed by atoms with Gasteiger partial charge in [0.25, 0.3) is 0 Å². The Kier molecular flexibility index (Phi) is 8.77. The molecular weight excluding hydrogens is 555 g/mol. The monoisotopic (exact) mass is 574 g/mol. The molecule has 1 aliphatic carbocycles. The number of rotatable bonds is 9. The number of hydrogen-bond donors (Lipinski definition) is 3. The van der Waals surface area contributed by atoms with Crippen molar-refractivity contribution in [1.82, 2.24) is 9.97 Å². The van der Waals surface area contributed by atoms with Crippen LogP contribution >= 0.6 is 46.1 Å². The number of aliphatic hydroxyl groups excluding tert-OH is 1. The van der Waals surface area contributed by atoms with E-state index in [2.05, 4.69) is 15.3 Å². The standard InChI is InChI=1S/C22H21Cl3N4O4S2/c23-12-2-4-17(24)14(6-12)19(30)15-7-18(34-21(15)25)20(31)16-8-27-10-28-22(16)29-13-3-1-11(5-13)9-33-35(26)32/h2,4,6-8,10-11,13,19,30H,1,3,5,9,26H2,(H,27,28,29). The van der Waals surface area contributed by atoms with E-state index in [0.29, 0.717) is 38.5 Å². The fourth-order valence-electron chi connectivity index (χ4n) is 4.03. The molecule has 0 amide bonds. The fourth-order valence-corrected chi connectivity index (χ4v) is 6.04. The first kappa shape index (κ1) is 26.4. The van der Waals surface area contributed by atoms with Gasteiger partial charge in [0.15, 0.2) is 0 Å². The van der Waals surface area contributed by atoms with Crippen LogP contribution < -0.4 is 10.5 Å². The normalized spacial score (nSPS) is 19.5. The quantitative estimate of drug-likeness (QED) is 0.308. The van der Waals surface area contributed by atoms with E-state index < -0.39 is 17.4 Å². The van der Waals surface area contributed by atoms with Crippen LogP contribution in [-0.4, -0.2) is 37.7 Å². The summed E-state index contributed by atoms with van der Waals surface area (Å²) in [6.07, 6.45) is 4.13. The molecule has 35 heavy (non-hydrogen) atoms. The lowest BCUT2D eigenvalue weighted by atomic mass is 10.0. The first-order valence-electron chi connectivity index (χ1n) is 10.6. The van der Waals surface area contributed by atoms with Gasteiger partial charge in [-0.05, 0) is 49.4 Å². The number of aliphatic hydroxyl groups is 1. The van der Waals surface area contributed by atoms with Crippen LogP contribution in [0.1, 0.15) is 51.7 Å². The smallest absolute Gasteiger partial charge is 0.231 e. The molecule has 4 atom stereocenters. The van der Waals surface area contributed by atoms with Crippen molar-refractivity contribution in [3.05, 3.63) is 72.7 Å². The van der Waals surface area contributed by atoms with Crippen molar-refractivity contribution >= 4 is 69.0 Å². The van der Waals surface area contributed by atoms with E-state index >= 15 is 0 Å². The van der Waals surface area contributed by atoms with Gasteiger partial charge in [0, 0.05) is 33.4 Å². The zero-order valence-electron chi connectivity index (χ0n) is 18.1. The van der Waals surface area contributed by atoms with Crippen molar-refractivity contribution in [3.63, 3.8) is 0 Å². The third-order valence-electron chi connectivity index (χ3n) is 5.74. The topological polar surface area (TPSA) is 127 Å². The Labute approximate surface area is 223 Å². The molecule has 1 aliphatic rings. The van der Waals surface area contributed by atoms with Crippen molar-refractivity contribution in [2.45, 2.75) is 31.4 Å². The number of anilines is 1. The fraction of sp³-hybridized carbons (Fsp3) is 0.318. The Morgan fingerprint density at radius 1 is 1.29 bits per heavy atom. The largest absolute Gasteiger partial charge is 0.384 e. The average Bonchev–Trinajstić information content (AvgIpc) is 3.45. The maximum absolute atomic E-state index is 13.4. The lowest BCUT2D eigenvalue weighted by Crippen LogP contribution is -2.20. The van der Waals surface area contributed by atoms with Crippen LogP contribution in [0.15, 0.2) is 36.8 Å². The number of carbonyl (C=O) groups excluding carboxylic acids is 1. The number of hydrogen-bond acceptors (Lipinski definition) is 8. The van der Waals surface area contributed by atoms with Crippen LogP contribution in [0.4, 0.5) is 5.82 Å². The molecule has 1 fully saturated rings. The van der Waals surface area contributed by atoms with Gasteiger partial charge >= 0.3 is 0 Å². The highest BCUT2D eigenvalue weighted by molar-refractivity contribution is 7.77. The van der Waals surface area contributed by atoms with Crippen molar-refractivity contribution in [2.75, 3.05) is 11.9 Å². The van der Waals surface area contributed by atoms with Crippen molar-refractivity contribution in [1.29, 1.82) is 0 Å². The maximum atomic E-state index is 13.4. The summed E-state index contributed by atoms with van der Waals surface area (Å²) in [6.45, 7) is 0.312. The van der Waals surface area contributed by atoms with E-state index in [-0.39, 0.29) is 27.6 Å². The lowest BCUT2D eigenvalue weighted by Gasteiger charge is -2.15. The minimum absolute atomic E-state index is 0.0607. The summed E-state index contributed by atoms with van der Waals surface area (Å²) in [5, 5.41) is 20.1. The molecule has 0 bridgehead atoms. The molecular formula is C22H21Cl3N4O4S2. The number of thiophene rings is 1. The van der Waals surface area contributed by atoms with Crippen LogP contribution in [0, 0.1) is 5.92 Å². The Morgan fingerprint density at radius 3 is 2.86 bits per heavy atom. The van der Waals surface area contributed by atoms with Crippen molar-refractivity contribution in [2.24, 2.45) is 11.1 Å². The predicted molar refractivity (Wildman–Crippen MR) is 138 cm³/mol. The molecule has 1 saturated carbocycles. The number of nitrogens with two attached hydrogens (primary N) is 1. The summed E-state index contributed by atoms with van der Waals surface area (Å²) in [6, 6.07) is 6.37. The maximum Gasteiger partial charge on any atom is 0.231 e. The third-order valence-corrected chi connectivity index (χ3v) is 8.08. The van der Waals surface area contributed by atoms with Crippen molar-refractivity contribution < 1.29 is 18.3 Å². The highest BCUT2D eigenvalue weighted by Crippen LogP contribution is 2.39. The first-order chi connectivity index (χ1) is 16.7. The molecule has 186 valence electrons. The lowest BCUT2D eigenvalue weighted by molar-refractivity contribution is 0.104. The Balaban J connectivity index is 1.52. The molecule has 2 aromatic heterocycles.